The number of likely N-dealkylation sites (tertiary alicyclic amines) is 2. The van der Waals surface area contributed by atoms with E-state index in [0.29, 0.717) is 24.4 Å². The first kappa shape index (κ1) is 22.5. The Morgan fingerprint density at radius 1 is 1.19 bits per heavy atom. The summed E-state index contributed by atoms with van der Waals surface area (Å²) in [5.74, 6) is 0.483. The number of nitrogens with one attached hydrogen (secondary N) is 1. The predicted molar refractivity (Wildman–Crippen MR) is 116 cm³/mol. The van der Waals surface area contributed by atoms with E-state index in [1.807, 2.05) is 0 Å². The smallest absolute Gasteiger partial charge is 0.260 e. The maximum Gasteiger partial charge on any atom is 0.260 e. The molecule has 0 unspecified atom stereocenters. The number of rotatable bonds is 7. The first-order valence-electron chi connectivity index (χ1n) is 10.6. The van der Waals surface area contributed by atoms with Crippen molar-refractivity contribution in [3.05, 3.63) is 34.4 Å². The van der Waals surface area contributed by atoms with Crippen molar-refractivity contribution < 1.29 is 19.2 Å². The van der Waals surface area contributed by atoms with E-state index in [2.05, 4.69) is 10.3 Å². The Bertz CT molecular complexity index is 820. The molecule has 31 heavy (non-hydrogen) atoms. The monoisotopic (exact) mass is 431 g/mol. The van der Waals surface area contributed by atoms with E-state index in [-0.39, 0.29) is 24.2 Å². The third kappa shape index (κ3) is 6.40. The molecule has 1 aromatic carbocycles. The molecule has 2 aliphatic heterocycles. The van der Waals surface area contributed by atoms with Crippen LogP contribution in [0.25, 0.3) is 0 Å². The van der Waals surface area contributed by atoms with Gasteiger partial charge in [-0.15, -0.1) is 0 Å². The molecule has 1 atom stereocenters. The van der Waals surface area contributed by atoms with E-state index in [0.717, 1.165) is 38.8 Å². The normalized spacial score (nSPS) is 19.8. The van der Waals surface area contributed by atoms with Gasteiger partial charge in [0.1, 0.15) is 11.8 Å². The molecule has 3 rings (SSSR count). The highest BCUT2D eigenvalue weighted by molar-refractivity contribution is 5.98. The van der Waals surface area contributed by atoms with Gasteiger partial charge in [-0.3, -0.25) is 24.7 Å². The van der Waals surface area contributed by atoms with Crippen LogP contribution in [0.5, 0.6) is 5.75 Å². The van der Waals surface area contributed by atoms with Crippen molar-refractivity contribution in [2.75, 3.05) is 45.2 Å². The molecule has 0 radical (unpaired) electrons. The van der Waals surface area contributed by atoms with E-state index in [9.17, 15) is 19.7 Å². The molecule has 0 aromatic heterocycles. The van der Waals surface area contributed by atoms with Gasteiger partial charge in [-0.05, 0) is 56.4 Å². The molecule has 1 N–H and O–H groups in total. The average molecular weight is 431 g/mol. The zero-order valence-electron chi connectivity index (χ0n) is 17.8. The van der Waals surface area contributed by atoms with Gasteiger partial charge < -0.3 is 19.9 Å². The Hall–Kier alpha value is -3.17. The Kier molecular flexibility index (Phi) is 7.80. The standard InChI is InChI=1S/C21H29N5O5/c1-31-17-9-7-16(8-10-17)22-19(14-26(29)30)23-18-6-2-3-13-25(21(18)28)15-20(27)24-11-4-5-12-24/h7-10,18H,2-6,11-15H2,1H3,(H,22,23)/t18-/m0/s1. The molecule has 0 aliphatic carbocycles. The molecule has 168 valence electrons. The van der Waals surface area contributed by atoms with Crippen LogP contribution in [0.3, 0.4) is 0 Å². The molecule has 2 fully saturated rings. The van der Waals surface area contributed by atoms with Crippen LogP contribution in [0, 0.1) is 10.1 Å². The third-order valence-electron chi connectivity index (χ3n) is 5.51. The number of nitrogens with zero attached hydrogens (tertiary/aromatic N) is 4. The van der Waals surface area contributed by atoms with Gasteiger partial charge >= 0.3 is 0 Å². The number of ether oxygens (including phenoxy) is 1. The van der Waals surface area contributed by atoms with Gasteiger partial charge in [-0.25, -0.2) is 0 Å². The summed E-state index contributed by atoms with van der Waals surface area (Å²) in [4.78, 5) is 44.1. The van der Waals surface area contributed by atoms with Gasteiger partial charge in [-0.2, -0.15) is 0 Å². The summed E-state index contributed by atoms with van der Waals surface area (Å²) in [6, 6.07) is 6.17. The van der Waals surface area contributed by atoms with E-state index < -0.39 is 17.5 Å². The summed E-state index contributed by atoms with van der Waals surface area (Å²) in [5, 5.41) is 14.1. The van der Waals surface area contributed by atoms with E-state index in [4.69, 9.17) is 4.74 Å². The molecule has 10 nitrogen and oxygen atoms in total. The summed E-state index contributed by atoms with van der Waals surface area (Å²) >= 11 is 0. The number of methoxy groups -OCH3 is 1. The van der Waals surface area contributed by atoms with Crippen molar-refractivity contribution in [3.63, 3.8) is 0 Å². The van der Waals surface area contributed by atoms with Crippen LogP contribution in [-0.2, 0) is 9.59 Å². The van der Waals surface area contributed by atoms with E-state index >= 15 is 0 Å². The second-order valence-corrected chi connectivity index (χ2v) is 7.78. The lowest BCUT2D eigenvalue weighted by molar-refractivity contribution is -0.463. The fourth-order valence-electron chi connectivity index (χ4n) is 3.86. The molecule has 0 saturated carbocycles. The van der Waals surface area contributed by atoms with Crippen LogP contribution < -0.4 is 10.1 Å². The summed E-state index contributed by atoms with van der Waals surface area (Å²) in [6.45, 7) is 1.49. The molecule has 0 bridgehead atoms. The molecule has 0 spiro atoms. The molecule has 2 aliphatic rings. The van der Waals surface area contributed by atoms with Crippen LogP contribution >= 0.6 is 0 Å². The number of amides is 2. The minimum absolute atomic E-state index is 0.0430. The topological polar surface area (TPSA) is 117 Å². The minimum Gasteiger partial charge on any atom is -0.497 e. The number of nitro groups is 1. The van der Waals surface area contributed by atoms with Crippen molar-refractivity contribution in [2.45, 2.75) is 38.1 Å². The number of hydrogen-bond donors (Lipinski definition) is 1. The van der Waals surface area contributed by atoms with E-state index in [1.54, 1.807) is 41.2 Å². The minimum atomic E-state index is -0.741. The largest absolute Gasteiger partial charge is 0.497 e. The lowest BCUT2D eigenvalue weighted by atomic mass is 10.1. The van der Waals surface area contributed by atoms with Crippen LogP contribution in [0.4, 0.5) is 5.69 Å². The fraction of sp³-hybridized carbons (Fsp3) is 0.571. The van der Waals surface area contributed by atoms with Gasteiger partial charge in [0.05, 0.1) is 13.7 Å². The fourth-order valence-corrected chi connectivity index (χ4v) is 3.86. The molecule has 2 heterocycles. The van der Waals surface area contributed by atoms with Crippen molar-refractivity contribution >= 4 is 23.3 Å². The number of carbonyl (C=O) groups is 2. The van der Waals surface area contributed by atoms with Gasteiger partial charge in [0.15, 0.2) is 5.84 Å². The highest BCUT2D eigenvalue weighted by Gasteiger charge is 2.30. The Morgan fingerprint density at radius 2 is 1.87 bits per heavy atom. The first-order valence-corrected chi connectivity index (χ1v) is 10.6. The zero-order chi connectivity index (χ0) is 22.2. The van der Waals surface area contributed by atoms with Crippen molar-refractivity contribution in [1.82, 2.24) is 9.80 Å². The van der Waals surface area contributed by atoms with Gasteiger partial charge in [0.25, 0.3) is 6.54 Å². The zero-order valence-corrected chi connectivity index (χ0v) is 17.8. The first-order chi connectivity index (χ1) is 15.0. The van der Waals surface area contributed by atoms with Crippen molar-refractivity contribution in [2.24, 2.45) is 4.99 Å². The van der Waals surface area contributed by atoms with Crippen molar-refractivity contribution in [3.8, 4) is 5.75 Å². The summed E-state index contributed by atoms with van der Waals surface area (Å²) in [7, 11) is 1.56. The molecular weight excluding hydrogens is 402 g/mol. The van der Waals surface area contributed by atoms with E-state index in [1.165, 1.54) is 0 Å². The number of aliphatic imine (C=N–C) groups is 1. The summed E-state index contributed by atoms with van der Waals surface area (Å²) in [5.41, 5.74) is 0.614. The highest BCUT2D eigenvalue weighted by atomic mass is 16.6. The van der Waals surface area contributed by atoms with Gasteiger partial charge in [0.2, 0.25) is 11.8 Å². The average Bonchev–Trinajstić information content (AvgIpc) is 3.24. The molecule has 10 heteroatoms. The quantitative estimate of drug-likeness (QED) is 0.304. The number of anilines is 1. The van der Waals surface area contributed by atoms with Crippen LogP contribution in [0.1, 0.15) is 32.1 Å². The number of carbonyl (C=O) groups excluding carboxylic acids is 2. The third-order valence-corrected chi connectivity index (χ3v) is 5.51. The number of benzene rings is 1. The van der Waals surface area contributed by atoms with Crippen LogP contribution in [0.15, 0.2) is 29.3 Å². The highest BCUT2D eigenvalue weighted by Crippen LogP contribution is 2.18. The summed E-state index contributed by atoms with van der Waals surface area (Å²) in [6.07, 6.45) is 4.03. The molecular formula is C21H29N5O5. The lowest BCUT2D eigenvalue weighted by Crippen LogP contribution is -2.45. The second kappa shape index (κ2) is 10.7. The second-order valence-electron chi connectivity index (χ2n) is 7.78. The Balaban J connectivity index is 1.73. The predicted octanol–water partition coefficient (Wildman–Crippen LogP) is 1.79. The lowest BCUT2D eigenvalue weighted by Gasteiger charge is -2.25. The number of amidine groups is 1. The van der Waals surface area contributed by atoms with Crippen LogP contribution in [-0.4, -0.2) is 78.2 Å². The molecule has 2 amide bonds. The molecule has 1 aromatic rings. The van der Waals surface area contributed by atoms with Crippen molar-refractivity contribution in [1.29, 1.82) is 0 Å². The van der Waals surface area contributed by atoms with Gasteiger partial charge in [-0.1, -0.05) is 0 Å². The Labute approximate surface area is 181 Å². The van der Waals surface area contributed by atoms with Gasteiger partial charge in [0, 0.05) is 30.2 Å². The van der Waals surface area contributed by atoms with Crippen LogP contribution in [0.2, 0.25) is 0 Å². The molecule has 2 saturated heterocycles. The maximum atomic E-state index is 13.1. The summed E-state index contributed by atoms with van der Waals surface area (Å²) < 4.78 is 5.12. The Morgan fingerprint density at radius 3 is 2.52 bits per heavy atom. The number of hydrogen-bond acceptors (Lipinski definition) is 6. The maximum absolute atomic E-state index is 13.1. The SMILES string of the molecule is COc1ccc(NC(C[N+](=O)[O-])=N[C@H]2CCCCN(CC(=O)N3CCCC3)C2=O)cc1.